The van der Waals surface area contributed by atoms with E-state index in [1.54, 1.807) is 0 Å². The van der Waals surface area contributed by atoms with E-state index in [-0.39, 0.29) is 63.0 Å². The Labute approximate surface area is 275 Å². The molecule has 14 heteroatoms. The Balaban J connectivity index is 3.18. The molecule has 46 heavy (non-hydrogen) atoms. The summed E-state index contributed by atoms with van der Waals surface area (Å²) in [5.41, 5.74) is -1.93. The standard InChI is InChI=1S/C32H59N5O9/c1-30(2,3)44-27(41)22-35-15-13-34(21-25(38)33-12-10-11-26(39)40)14-16-36(23-28(42)45-31(4,5)6)18-20-37(19-17-35)24-29(43)46-32(7,8)9/h10-24H2,1-9H3,(H,33,38)(H,39,40). The van der Waals surface area contributed by atoms with Crippen LogP contribution in [0.4, 0.5) is 0 Å². The fourth-order valence-corrected chi connectivity index (χ4v) is 4.61. The summed E-state index contributed by atoms with van der Waals surface area (Å²) in [5.74, 6) is -2.26. The molecule has 0 spiro atoms. The summed E-state index contributed by atoms with van der Waals surface area (Å²) in [6, 6.07) is 0. The summed E-state index contributed by atoms with van der Waals surface area (Å²) in [5, 5.41) is 11.7. The molecule has 0 radical (unpaired) electrons. The number of ether oxygens (including phenoxy) is 3. The molecule has 1 aliphatic rings. The summed E-state index contributed by atoms with van der Waals surface area (Å²) >= 11 is 0. The number of rotatable bonds is 12. The van der Waals surface area contributed by atoms with Crippen molar-refractivity contribution in [2.75, 3.05) is 85.1 Å². The molecule has 0 saturated carbocycles. The molecule has 0 atom stereocenters. The van der Waals surface area contributed by atoms with E-state index in [1.165, 1.54) is 0 Å². The van der Waals surface area contributed by atoms with E-state index in [4.69, 9.17) is 19.3 Å². The number of carbonyl (C=O) groups excluding carboxylic acids is 4. The van der Waals surface area contributed by atoms with E-state index >= 15 is 0 Å². The quantitative estimate of drug-likeness (QED) is 0.176. The van der Waals surface area contributed by atoms with Crippen LogP contribution in [0.15, 0.2) is 0 Å². The zero-order valence-electron chi connectivity index (χ0n) is 29.6. The van der Waals surface area contributed by atoms with Gasteiger partial charge >= 0.3 is 23.9 Å². The fraction of sp³-hybridized carbons (Fsp3) is 0.844. The number of aliphatic carboxylic acids is 1. The van der Waals surface area contributed by atoms with Gasteiger partial charge in [-0.2, -0.15) is 0 Å². The van der Waals surface area contributed by atoms with E-state index in [1.807, 2.05) is 81.9 Å². The highest BCUT2D eigenvalue weighted by molar-refractivity contribution is 5.78. The van der Waals surface area contributed by atoms with Crippen LogP contribution in [0.25, 0.3) is 0 Å². The van der Waals surface area contributed by atoms with Gasteiger partial charge in [0.05, 0.1) is 26.2 Å². The van der Waals surface area contributed by atoms with Crippen molar-refractivity contribution in [2.45, 2.75) is 92.0 Å². The first kappa shape index (κ1) is 41.2. The maximum Gasteiger partial charge on any atom is 0.320 e. The Morgan fingerprint density at radius 1 is 0.543 bits per heavy atom. The Bertz CT molecular complexity index is 955. The molecule has 14 nitrogen and oxygen atoms in total. The molecule has 0 aliphatic carbocycles. The van der Waals surface area contributed by atoms with Crippen molar-refractivity contribution in [3.05, 3.63) is 0 Å². The van der Waals surface area contributed by atoms with Gasteiger partial charge in [0.25, 0.3) is 0 Å². The smallest absolute Gasteiger partial charge is 0.320 e. The SMILES string of the molecule is CC(C)(C)OC(=O)CN1CCN(CC(=O)NCCCC(=O)O)CCN(CC(=O)OC(C)(C)C)CCN(CC(=O)OC(C)(C)C)CC1. The molecule has 0 aromatic heterocycles. The molecule has 2 N–H and O–H groups in total. The topological polar surface area (TPSA) is 158 Å². The molecule has 266 valence electrons. The second-order valence-electron chi connectivity index (χ2n) is 14.7. The van der Waals surface area contributed by atoms with Crippen molar-refractivity contribution in [1.82, 2.24) is 24.9 Å². The number of hydrogen-bond acceptors (Lipinski definition) is 12. The lowest BCUT2D eigenvalue weighted by molar-refractivity contribution is -0.158. The molecule has 1 amide bonds. The molecular formula is C32H59N5O9. The third-order valence-electron chi connectivity index (χ3n) is 6.50. The molecule has 1 heterocycles. The number of esters is 3. The summed E-state index contributed by atoms with van der Waals surface area (Å²) in [4.78, 5) is 69.8. The average molecular weight is 658 g/mol. The lowest BCUT2D eigenvalue weighted by Gasteiger charge is -2.34. The third-order valence-corrected chi connectivity index (χ3v) is 6.50. The maximum absolute atomic E-state index is 12.8. The van der Waals surface area contributed by atoms with E-state index in [9.17, 15) is 24.0 Å². The van der Waals surface area contributed by atoms with Gasteiger partial charge in [-0.1, -0.05) is 0 Å². The summed E-state index contributed by atoms with van der Waals surface area (Å²) < 4.78 is 16.7. The van der Waals surface area contributed by atoms with Crippen LogP contribution in [0.3, 0.4) is 0 Å². The Morgan fingerprint density at radius 3 is 1.09 bits per heavy atom. The number of carboxylic acids is 1. The number of carbonyl (C=O) groups is 5. The van der Waals surface area contributed by atoms with Crippen molar-refractivity contribution in [2.24, 2.45) is 0 Å². The number of hydrogen-bond donors (Lipinski definition) is 2. The summed E-state index contributed by atoms with van der Waals surface area (Å²) in [6.07, 6.45) is 0.294. The fourth-order valence-electron chi connectivity index (χ4n) is 4.61. The molecule has 1 saturated heterocycles. The van der Waals surface area contributed by atoms with Crippen LogP contribution in [0.1, 0.15) is 75.2 Å². The molecule has 0 unspecified atom stereocenters. The molecular weight excluding hydrogens is 598 g/mol. The Morgan fingerprint density at radius 2 is 0.826 bits per heavy atom. The second kappa shape index (κ2) is 19.1. The van der Waals surface area contributed by atoms with Gasteiger partial charge in [0.1, 0.15) is 16.8 Å². The average Bonchev–Trinajstić information content (AvgIpc) is 2.84. The minimum Gasteiger partial charge on any atom is -0.481 e. The first-order valence-electron chi connectivity index (χ1n) is 16.1. The summed E-state index contributed by atoms with van der Waals surface area (Å²) in [6.45, 7) is 20.3. The van der Waals surface area contributed by atoms with Crippen LogP contribution in [0.5, 0.6) is 0 Å². The van der Waals surface area contributed by atoms with E-state index in [2.05, 4.69) is 5.32 Å². The van der Waals surface area contributed by atoms with Crippen LogP contribution in [0, 0.1) is 0 Å². The van der Waals surface area contributed by atoms with Gasteiger partial charge in [-0.05, 0) is 68.7 Å². The van der Waals surface area contributed by atoms with Crippen molar-refractivity contribution < 1.29 is 43.3 Å². The van der Waals surface area contributed by atoms with E-state index < -0.39 is 22.8 Å². The largest absolute Gasteiger partial charge is 0.481 e. The van der Waals surface area contributed by atoms with Gasteiger partial charge < -0.3 is 24.6 Å². The zero-order valence-corrected chi connectivity index (χ0v) is 29.6. The number of nitrogens with one attached hydrogen (secondary N) is 1. The van der Waals surface area contributed by atoms with Crippen molar-refractivity contribution in [1.29, 1.82) is 0 Å². The van der Waals surface area contributed by atoms with Gasteiger partial charge in [0.2, 0.25) is 5.91 Å². The molecule has 0 aromatic rings. The van der Waals surface area contributed by atoms with Gasteiger partial charge in [-0.15, -0.1) is 0 Å². The normalized spacial score (nSPS) is 17.3. The molecule has 1 rings (SSSR count). The zero-order chi connectivity index (χ0) is 35.1. The van der Waals surface area contributed by atoms with Gasteiger partial charge in [-0.3, -0.25) is 43.6 Å². The van der Waals surface area contributed by atoms with E-state index in [0.717, 1.165) is 0 Å². The highest BCUT2D eigenvalue weighted by Gasteiger charge is 2.26. The Hall–Kier alpha value is -2.81. The minimum atomic E-state index is -0.919. The molecule has 1 aliphatic heterocycles. The first-order chi connectivity index (χ1) is 21.1. The maximum atomic E-state index is 12.8. The minimum absolute atomic E-state index is 0.0335. The highest BCUT2D eigenvalue weighted by Crippen LogP contribution is 2.11. The number of carboxylic acid groups (broad SMARTS) is 1. The van der Waals surface area contributed by atoms with Crippen LogP contribution in [-0.4, -0.2) is 156 Å². The summed E-state index contributed by atoms with van der Waals surface area (Å²) in [7, 11) is 0. The molecule has 0 aromatic carbocycles. The third kappa shape index (κ3) is 21.8. The monoisotopic (exact) mass is 657 g/mol. The van der Waals surface area contributed by atoms with Gasteiger partial charge in [0, 0.05) is 65.3 Å². The van der Waals surface area contributed by atoms with Gasteiger partial charge in [0.15, 0.2) is 0 Å². The van der Waals surface area contributed by atoms with Crippen molar-refractivity contribution in [3.63, 3.8) is 0 Å². The van der Waals surface area contributed by atoms with Crippen molar-refractivity contribution >= 4 is 29.8 Å². The molecule has 1 fully saturated rings. The lowest BCUT2D eigenvalue weighted by atomic mass is 10.2. The first-order valence-corrected chi connectivity index (χ1v) is 16.1. The number of amides is 1. The second-order valence-corrected chi connectivity index (χ2v) is 14.7. The van der Waals surface area contributed by atoms with E-state index in [0.29, 0.717) is 58.8 Å². The van der Waals surface area contributed by atoms with Crippen LogP contribution < -0.4 is 5.32 Å². The lowest BCUT2D eigenvalue weighted by Crippen LogP contribution is -2.50. The van der Waals surface area contributed by atoms with Crippen LogP contribution in [-0.2, 0) is 38.2 Å². The van der Waals surface area contributed by atoms with Gasteiger partial charge in [-0.25, -0.2) is 0 Å². The Kier molecular flexibility index (Phi) is 17.1. The molecule has 0 bridgehead atoms. The number of nitrogens with zero attached hydrogens (tertiary/aromatic N) is 4. The van der Waals surface area contributed by atoms with Crippen molar-refractivity contribution in [3.8, 4) is 0 Å². The highest BCUT2D eigenvalue weighted by atomic mass is 16.6. The van der Waals surface area contributed by atoms with Crippen LogP contribution >= 0.6 is 0 Å². The predicted octanol–water partition coefficient (Wildman–Crippen LogP) is 1.21. The van der Waals surface area contributed by atoms with Crippen LogP contribution in [0.2, 0.25) is 0 Å². The predicted molar refractivity (Wildman–Crippen MR) is 173 cm³/mol.